The van der Waals surface area contributed by atoms with Crippen molar-refractivity contribution in [3.05, 3.63) is 127 Å². The Balaban J connectivity index is 0.000000145. The molecule has 39 heavy (non-hydrogen) atoms. The van der Waals surface area contributed by atoms with Gasteiger partial charge in [0.2, 0.25) is 0 Å². The maximum absolute atomic E-state index is 10.2. The molecule has 0 unspecified atom stereocenters. The summed E-state index contributed by atoms with van der Waals surface area (Å²) in [6, 6.07) is 35.1. The van der Waals surface area contributed by atoms with Crippen molar-refractivity contribution in [3.63, 3.8) is 0 Å². The van der Waals surface area contributed by atoms with Gasteiger partial charge in [0.1, 0.15) is 10.9 Å². The molecule has 0 atom stereocenters. The van der Waals surface area contributed by atoms with Crippen LogP contribution in [0.4, 0.5) is 0 Å². The van der Waals surface area contributed by atoms with E-state index in [1.807, 2.05) is 72.9 Å². The Morgan fingerprint density at radius 1 is 0.641 bits per heavy atom. The third kappa shape index (κ3) is 7.27. The molecule has 5 nitrogen and oxygen atoms in total. The van der Waals surface area contributed by atoms with Crippen LogP contribution >= 0.6 is 11.6 Å². The van der Waals surface area contributed by atoms with E-state index < -0.39 is 0 Å². The van der Waals surface area contributed by atoms with E-state index in [-0.39, 0.29) is 0 Å². The molecule has 6 rings (SSSR count). The van der Waals surface area contributed by atoms with Gasteiger partial charge in [-0.15, -0.1) is 0 Å². The van der Waals surface area contributed by atoms with E-state index in [0.29, 0.717) is 16.4 Å². The van der Waals surface area contributed by atoms with Gasteiger partial charge in [0.15, 0.2) is 0 Å². The molecule has 4 aromatic carbocycles. The molecule has 0 amide bonds. The third-order valence-electron chi connectivity index (χ3n) is 5.87. The first kappa shape index (κ1) is 27.5. The van der Waals surface area contributed by atoms with E-state index in [1.165, 1.54) is 5.39 Å². The Labute approximate surface area is 233 Å². The Morgan fingerprint density at radius 2 is 1.23 bits per heavy atom. The number of ether oxygens (including phenoxy) is 2. The number of hydrogen-bond acceptors (Lipinski definition) is 5. The van der Waals surface area contributed by atoms with Gasteiger partial charge in [0.05, 0.1) is 12.8 Å². The van der Waals surface area contributed by atoms with Crippen molar-refractivity contribution in [2.45, 2.75) is 0 Å². The van der Waals surface area contributed by atoms with E-state index >= 15 is 0 Å². The van der Waals surface area contributed by atoms with E-state index in [4.69, 9.17) is 21.1 Å². The van der Waals surface area contributed by atoms with Gasteiger partial charge >= 0.3 is 59.2 Å². The first-order chi connectivity index (χ1) is 19.1. The van der Waals surface area contributed by atoms with Crippen LogP contribution in [-0.4, -0.2) is 31.3 Å². The zero-order valence-electron chi connectivity index (χ0n) is 21.6. The molecular formula is C32H26BClN2O3. The molecule has 6 aromatic rings. The predicted molar refractivity (Wildman–Crippen MR) is 160 cm³/mol. The van der Waals surface area contributed by atoms with E-state index in [2.05, 4.69) is 28.2 Å². The summed E-state index contributed by atoms with van der Waals surface area (Å²) in [6.07, 6.45) is 3.56. The Hall–Kier alpha value is -4.55. The van der Waals surface area contributed by atoms with Crippen LogP contribution in [0.15, 0.2) is 122 Å². The van der Waals surface area contributed by atoms with Gasteiger partial charge < -0.3 is 4.74 Å². The number of nitrogens with zero attached hydrogens (tertiary/aromatic N) is 2. The van der Waals surface area contributed by atoms with Crippen molar-refractivity contribution in [3.8, 4) is 22.8 Å². The number of benzene rings is 4. The summed E-state index contributed by atoms with van der Waals surface area (Å²) in [5, 5.41) is 5.07. The van der Waals surface area contributed by atoms with Gasteiger partial charge in [-0.3, -0.25) is 4.98 Å². The van der Waals surface area contributed by atoms with Gasteiger partial charge in [-0.2, -0.15) is 0 Å². The first-order valence-corrected chi connectivity index (χ1v) is 12.6. The smallest absolute Gasteiger partial charge is 0.136 e. The van der Waals surface area contributed by atoms with Crippen molar-refractivity contribution >= 4 is 45.8 Å². The monoisotopic (exact) mass is 532 g/mol. The van der Waals surface area contributed by atoms with Gasteiger partial charge in [-0.25, -0.2) is 4.98 Å². The average Bonchev–Trinajstić information content (AvgIpc) is 3.01. The number of aromatic nitrogens is 2. The fraction of sp³-hybridized carbons (Fsp3) is 0.0625. The van der Waals surface area contributed by atoms with Crippen molar-refractivity contribution in [2.75, 3.05) is 14.2 Å². The van der Waals surface area contributed by atoms with Crippen molar-refractivity contribution < 1.29 is 14.2 Å². The molecule has 0 radical (unpaired) electrons. The second kappa shape index (κ2) is 13.8. The van der Waals surface area contributed by atoms with Crippen molar-refractivity contribution in [1.82, 2.24) is 9.97 Å². The molecule has 2 aromatic heterocycles. The van der Waals surface area contributed by atoms with Gasteiger partial charge in [0, 0.05) is 28.7 Å². The number of fused-ring (bicyclic) bond motifs is 2. The van der Waals surface area contributed by atoms with Crippen LogP contribution in [0.25, 0.3) is 32.8 Å². The number of methoxy groups -OCH3 is 2. The fourth-order valence-electron chi connectivity index (χ4n) is 3.92. The van der Waals surface area contributed by atoms with Gasteiger partial charge in [0.25, 0.3) is 0 Å². The molecule has 0 spiro atoms. The first-order valence-electron chi connectivity index (χ1n) is 12.2. The molecule has 7 heteroatoms. The van der Waals surface area contributed by atoms with Gasteiger partial charge in [-0.05, 0) is 35.0 Å². The number of hydrogen-bond donors (Lipinski definition) is 0. The summed E-state index contributed by atoms with van der Waals surface area (Å²) >= 11 is 5.85. The normalized spacial score (nSPS) is 9.92. The molecule has 0 saturated carbocycles. The minimum Gasteiger partial charge on any atom is -0.244 e. The van der Waals surface area contributed by atoms with Crippen LogP contribution in [0.3, 0.4) is 0 Å². The zero-order valence-corrected chi connectivity index (χ0v) is 22.4. The Morgan fingerprint density at radius 3 is 1.90 bits per heavy atom. The van der Waals surface area contributed by atoms with Crippen LogP contribution in [0.5, 0.6) is 11.5 Å². The van der Waals surface area contributed by atoms with E-state index in [0.717, 1.165) is 40.3 Å². The predicted octanol–water partition coefficient (Wildman–Crippen LogP) is 7.17. The summed E-state index contributed by atoms with van der Waals surface area (Å²) < 4.78 is 20.4. The van der Waals surface area contributed by atoms with Crippen LogP contribution in [0, 0.1) is 0 Å². The van der Waals surface area contributed by atoms with Crippen LogP contribution in [-0.2, 0) is 4.70 Å². The summed E-state index contributed by atoms with van der Waals surface area (Å²) in [5.41, 5.74) is 2.71. The molecule has 0 aliphatic heterocycles. The molecular weight excluding hydrogens is 507 g/mol. The number of rotatable bonds is 4. The topological polar surface area (TPSA) is 61.3 Å². The van der Waals surface area contributed by atoms with E-state index in [9.17, 15) is 4.70 Å². The summed E-state index contributed by atoms with van der Waals surface area (Å²) in [4.78, 5) is 8.47. The number of halogens is 1. The van der Waals surface area contributed by atoms with Crippen LogP contribution in [0.2, 0.25) is 5.15 Å². The standard InChI is InChI=1S/C16H13NO.C9H6ClN.C7H7BO2/c1-18-14-7-4-6-13(11-14)16-15-8-3-2-5-12(15)9-10-17-16;10-9-8-4-2-1-3-7(8)5-6-11-9;1-10-7-4-2-3-6(5-7)8-9/h2-11H,1H3;1-6H;2-5H,1H3. The quantitative estimate of drug-likeness (QED) is 0.178. The minimum atomic E-state index is 0.572. The molecule has 0 bridgehead atoms. The summed E-state index contributed by atoms with van der Waals surface area (Å²) in [5.74, 6) is 1.56. The van der Waals surface area contributed by atoms with Gasteiger partial charge in [-0.1, -0.05) is 72.3 Å². The van der Waals surface area contributed by atoms with Crippen LogP contribution in [0.1, 0.15) is 0 Å². The number of pyridine rings is 2. The molecule has 2 heterocycles. The summed E-state index contributed by atoms with van der Waals surface area (Å²) in [7, 11) is 4.04. The molecule has 0 saturated heterocycles. The molecule has 0 aliphatic carbocycles. The second-order valence-corrected chi connectivity index (χ2v) is 8.69. The van der Waals surface area contributed by atoms with Crippen LogP contribution < -0.4 is 14.9 Å². The molecule has 0 N–H and O–H groups in total. The maximum Gasteiger partial charge on any atom is 0.136 e. The fourth-order valence-corrected chi connectivity index (χ4v) is 4.15. The molecule has 0 aliphatic rings. The van der Waals surface area contributed by atoms with E-state index in [1.54, 1.807) is 44.7 Å². The SMILES string of the molecule is COc1cccc(-c2nccc3ccccc23)c1.COc1cccc(B=O)c1.Clc1nccc2ccccc12. The minimum absolute atomic E-state index is 0.572. The third-order valence-corrected chi connectivity index (χ3v) is 6.17. The average molecular weight is 533 g/mol. The Kier molecular flexibility index (Phi) is 9.76. The largest absolute Gasteiger partial charge is 0.244 e. The summed E-state index contributed by atoms with van der Waals surface area (Å²) in [6.45, 7) is 0. The molecule has 0 fully saturated rings. The van der Waals surface area contributed by atoms with Crippen molar-refractivity contribution in [2.24, 2.45) is 0 Å². The molecule has 192 valence electrons. The van der Waals surface area contributed by atoms with Crippen molar-refractivity contribution in [1.29, 1.82) is 0 Å². The Bertz CT molecular complexity index is 1680. The maximum atomic E-state index is 10.2. The zero-order chi connectivity index (χ0) is 27.5. The second-order valence-electron chi connectivity index (χ2n) is 8.33.